The summed E-state index contributed by atoms with van der Waals surface area (Å²) in [6, 6.07) is 18.0. The highest BCUT2D eigenvalue weighted by molar-refractivity contribution is 7.99. The molecule has 0 atom stereocenters. The zero-order chi connectivity index (χ0) is 23.5. The average Bonchev–Trinajstić information content (AvgIpc) is 3.52. The second-order valence-electron chi connectivity index (χ2n) is 7.89. The first-order valence-corrected chi connectivity index (χ1v) is 11.9. The van der Waals surface area contributed by atoms with Gasteiger partial charge < -0.3 is 14.6 Å². The smallest absolute Gasteiger partial charge is 0.262 e. The number of thioether (sulfide) groups is 1. The SMILES string of the molecule is O=C(CSc1nc2ccccc2c(=O)n1Cc1ccco1)Nc1ccccc1N1CCCC1=O. The Balaban J connectivity index is 1.38. The molecule has 1 aliphatic rings. The number of anilines is 2. The predicted octanol–water partition coefficient (Wildman–Crippen LogP) is 3.90. The maximum Gasteiger partial charge on any atom is 0.262 e. The van der Waals surface area contributed by atoms with Crippen molar-refractivity contribution in [2.24, 2.45) is 0 Å². The largest absolute Gasteiger partial charge is 0.467 e. The standard InChI is InChI=1S/C25H22N4O4S/c30-22(26-20-10-3-4-11-21(20)28-13-5-12-23(28)31)16-34-25-27-19-9-2-1-8-18(19)24(32)29(25)15-17-7-6-14-33-17/h1-4,6-11,14H,5,12-13,15-16H2,(H,26,30). The second-order valence-corrected chi connectivity index (χ2v) is 8.83. The molecule has 1 saturated heterocycles. The second kappa shape index (κ2) is 9.56. The van der Waals surface area contributed by atoms with E-state index in [2.05, 4.69) is 10.3 Å². The molecule has 0 saturated carbocycles. The first-order chi connectivity index (χ1) is 16.6. The number of fused-ring (bicyclic) bond motifs is 1. The molecule has 5 rings (SSSR count). The third kappa shape index (κ3) is 4.47. The molecule has 172 valence electrons. The zero-order valence-corrected chi connectivity index (χ0v) is 19.1. The van der Waals surface area contributed by atoms with Crippen molar-refractivity contribution in [2.45, 2.75) is 24.5 Å². The Morgan fingerprint density at radius 3 is 2.68 bits per heavy atom. The number of hydrogen-bond donors (Lipinski definition) is 1. The lowest BCUT2D eigenvalue weighted by atomic mass is 10.2. The summed E-state index contributed by atoms with van der Waals surface area (Å²) in [6.07, 6.45) is 2.87. The van der Waals surface area contributed by atoms with Crippen LogP contribution in [-0.2, 0) is 16.1 Å². The predicted molar refractivity (Wildman–Crippen MR) is 131 cm³/mol. The van der Waals surface area contributed by atoms with Crippen LogP contribution in [-0.4, -0.2) is 33.7 Å². The summed E-state index contributed by atoms with van der Waals surface area (Å²) >= 11 is 1.18. The molecule has 9 heteroatoms. The third-order valence-electron chi connectivity index (χ3n) is 5.60. The Hall–Kier alpha value is -3.85. The van der Waals surface area contributed by atoms with Gasteiger partial charge in [0.1, 0.15) is 5.76 Å². The number of nitrogens with zero attached hydrogens (tertiary/aromatic N) is 3. The van der Waals surface area contributed by atoms with E-state index in [-0.39, 0.29) is 29.7 Å². The molecule has 0 spiro atoms. The van der Waals surface area contributed by atoms with E-state index >= 15 is 0 Å². The number of benzene rings is 2. The minimum absolute atomic E-state index is 0.0468. The van der Waals surface area contributed by atoms with Gasteiger partial charge in [0.25, 0.3) is 5.56 Å². The van der Waals surface area contributed by atoms with Gasteiger partial charge in [-0.05, 0) is 42.8 Å². The van der Waals surface area contributed by atoms with Crippen LogP contribution in [0.25, 0.3) is 10.9 Å². The van der Waals surface area contributed by atoms with Gasteiger partial charge in [0, 0.05) is 13.0 Å². The van der Waals surface area contributed by atoms with Crippen LogP contribution in [0.4, 0.5) is 11.4 Å². The molecule has 1 aliphatic heterocycles. The Morgan fingerprint density at radius 2 is 1.88 bits per heavy atom. The fraction of sp³-hybridized carbons (Fsp3) is 0.200. The summed E-state index contributed by atoms with van der Waals surface area (Å²) in [6.45, 7) is 0.855. The minimum atomic E-state index is -0.254. The normalized spacial score (nSPS) is 13.5. The molecule has 0 unspecified atom stereocenters. The number of hydrogen-bond acceptors (Lipinski definition) is 6. The fourth-order valence-electron chi connectivity index (χ4n) is 3.99. The molecular weight excluding hydrogens is 452 g/mol. The average molecular weight is 475 g/mol. The molecule has 1 fully saturated rings. The van der Waals surface area contributed by atoms with Crippen LogP contribution < -0.4 is 15.8 Å². The number of rotatable bonds is 7. The van der Waals surface area contributed by atoms with Crippen LogP contribution >= 0.6 is 11.8 Å². The van der Waals surface area contributed by atoms with Crippen LogP contribution in [0.15, 0.2) is 81.3 Å². The van der Waals surface area contributed by atoms with Crippen LogP contribution in [0, 0.1) is 0 Å². The van der Waals surface area contributed by atoms with E-state index < -0.39 is 0 Å². The van der Waals surface area contributed by atoms with E-state index in [9.17, 15) is 14.4 Å². The van der Waals surface area contributed by atoms with E-state index in [1.807, 2.05) is 24.3 Å². The summed E-state index contributed by atoms with van der Waals surface area (Å²) in [7, 11) is 0. The first-order valence-electron chi connectivity index (χ1n) is 10.9. The third-order valence-corrected chi connectivity index (χ3v) is 6.57. The molecule has 0 bridgehead atoms. The van der Waals surface area contributed by atoms with Crippen LogP contribution in [0.3, 0.4) is 0 Å². The summed E-state index contributed by atoms with van der Waals surface area (Å²) in [5, 5.41) is 3.84. The van der Waals surface area contributed by atoms with Gasteiger partial charge in [-0.15, -0.1) is 0 Å². The van der Waals surface area contributed by atoms with Crippen LogP contribution in [0.5, 0.6) is 0 Å². The van der Waals surface area contributed by atoms with E-state index in [1.165, 1.54) is 16.3 Å². The van der Waals surface area contributed by atoms with E-state index in [0.717, 1.165) is 6.42 Å². The Morgan fingerprint density at radius 1 is 1.06 bits per heavy atom. The number of carbonyl (C=O) groups excluding carboxylic acids is 2. The van der Waals surface area contributed by atoms with E-state index in [0.29, 0.717) is 46.2 Å². The maximum absolute atomic E-state index is 13.2. The van der Waals surface area contributed by atoms with Crippen molar-refractivity contribution in [1.29, 1.82) is 0 Å². The van der Waals surface area contributed by atoms with Gasteiger partial charge in [-0.2, -0.15) is 0 Å². The highest BCUT2D eigenvalue weighted by Crippen LogP contribution is 2.29. The number of para-hydroxylation sites is 3. The number of amides is 2. The van der Waals surface area contributed by atoms with Crippen molar-refractivity contribution >= 4 is 45.9 Å². The number of furan rings is 1. The molecular formula is C25H22N4O4S. The molecule has 0 radical (unpaired) electrons. The highest BCUT2D eigenvalue weighted by Gasteiger charge is 2.24. The van der Waals surface area contributed by atoms with Gasteiger partial charge in [0.2, 0.25) is 11.8 Å². The Labute approximate surface area is 199 Å². The molecule has 2 aromatic carbocycles. The Bertz CT molecular complexity index is 1410. The molecule has 1 N–H and O–H groups in total. The lowest BCUT2D eigenvalue weighted by Gasteiger charge is -2.20. The number of aromatic nitrogens is 2. The van der Waals surface area contributed by atoms with Gasteiger partial charge in [0.15, 0.2) is 5.16 Å². The lowest BCUT2D eigenvalue weighted by molar-refractivity contribution is -0.117. The quantitative estimate of drug-likeness (QED) is 0.322. The summed E-state index contributed by atoms with van der Waals surface area (Å²) < 4.78 is 6.95. The van der Waals surface area contributed by atoms with Gasteiger partial charge >= 0.3 is 0 Å². The summed E-state index contributed by atoms with van der Waals surface area (Å²) in [5.41, 5.74) is 1.66. The molecule has 4 aromatic rings. The van der Waals surface area contributed by atoms with E-state index in [1.54, 1.807) is 47.6 Å². The van der Waals surface area contributed by atoms with Crippen molar-refractivity contribution in [3.63, 3.8) is 0 Å². The van der Waals surface area contributed by atoms with Crippen LogP contribution in [0.2, 0.25) is 0 Å². The molecule has 0 aliphatic carbocycles. The van der Waals surface area contributed by atoms with Crippen LogP contribution in [0.1, 0.15) is 18.6 Å². The molecule has 34 heavy (non-hydrogen) atoms. The number of nitrogens with one attached hydrogen (secondary N) is 1. The lowest BCUT2D eigenvalue weighted by Crippen LogP contribution is -2.26. The molecule has 8 nitrogen and oxygen atoms in total. The monoisotopic (exact) mass is 474 g/mol. The minimum Gasteiger partial charge on any atom is -0.467 e. The fourth-order valence-corrected chi connectivity index (χ4v) is 4.79. The van der Waals surface area contributed by atoms with Crippen molar-refractivity contribution in [1.82, 2.24) is 9.55 Å². The zero-order valence-electron chi connectivity index (χ0n) is 18.3. The van der Waals surface area contributed by atoms with Gasteiger partial charge in [-0.1, -0.05) is 36.0 Å². The highest BCUT2D eigenvalue weighted by atomic mass is 32.2. The van der Waals surface area contributed by atoms with Crippen molar-refractivity contribution in [2.75, 3.05) is 22.5 Å². The Kier molecular flexibility index (Phi) is 6.18. The number of carbonyl (C=O) groups is 2. The summed E-state index contributed by atoms with van der Waals surface area (Å²) in [5.74, 6) is 0.467. The van der Waals surface area contributed by atoms with E-state index in [4.69, 9.17) is 4.42 Å². The molecule has 2 amide bonds. The molecule has 2 aromatic heterocycles. The van der Waals surface area contributed by atoms with Gasteiger partial charge in [-0.25, -0.2) is 4.98 Å². The summed E-state index contributed by atoms with van der Waals surface area (Å²) in [4.78, 5) is 44.5. The van der Waals surface area contributed by atoms with Gasteiger partial charge in [-0.3, -0.25) is 19.0 Å². The van der Waals surface area contributed by atoms with Crippen molar-refractivity contribution < 1.29 is 14.0 Å². The maximum atomic E-state index is 13.2. The van der Waals surface area contributed by atoms with Gasteiger partial charge in [0.05, 0.1) is 40.8 Å². The van der Waals surface area contributed by atoms with Crippen molar-refractivity contribution in [3.05, 3.63) is 83.0 Å². The molecule has 3 heterocycles. The van der Waals surface area contributed by atoms with Crippen molar-refractivity contribution in [3.8, 4) is 0 Å². The topological polar surface area (TPSA) is 97.4 Å². The first kappa shape index (κ1) is 22.0.